The minimum absolute atomic E-state index is 0.379. The Morgan fingerprint density at radius 1 is 1.42 bits per heavy atom. The van der Waals surface area contributed by atoms with Gasteiger partial charge in [-0.25, -0.2) is 9.97 Å². The molecule has 6 heteroatoms. The van der Waals surface area contributed by atoms with Crippen molar-refractivity contribution in [2.75, 3.05) is 5.32 Å². The molecule has 0 atom stereocenters. The van der Waals surface area contributed by atoms with E-state index in [0.717, 1.165) is 27.2 Å². The first-order valence-corrected chi connectivity index (χ1v) is 6.88. The van der Waals surface area contributed by atoms with E-state index in [0.29, 0.717) is 11.5 Å². The second-order valence-electron chi connectivity index (χ2n) is 4.01. The van der Waals surface area contributed by atoms with Crippen molar-refractivity contribution in [1.29, 1.82) is 0 Å². The summed E-state index contributed by atoms with van der Waals surface area (Å²) in [5.74, 6) is 0.768. The molecule has 0 saturated heterocycles. The molecule has 2 aromatic rings. The summed E-state index contributed by atoms with van der Waals surface area (Å²) in [5.41, 5.74) is 8.36. The molecule has 1 aromatic heterocycles. The first-order valence-electron chi connectivity index (χ1n) is 5.68. The zero-order valence-electron chi connectivity index (χ0n) is 10.4. The van der Waals surface area contributed by atoms with Gasteiger partial charge in [0.15, 0.2) is 0 Å². The lowest BCUT2D eigenvalue weighted by Crippen LogP contribution is -2.10. The van der Waals surface area contributed by atoms with Gasteiger partial charge in [0.1, 0.15) is 10.8 Å². The van der Waals surface area contributed by atoms with Crippen LogP contribution in [-0.4, -0.2) is 15.0 Å². The highest BCUT2D eigenvalue weighted by molar-refractivity contribution is 9.10. The molecule has 0 aliphatic rings. The highest BCUT2D eigenvalue weighted by atomic mass is 79.9. The van der Waals surface area contributed by atoms with Crippen LogP contribution in [0.3, 0.4) is 0 Å². The number of nitrogens with zero attached hydrogens (tertiary/aromatic N) is 2. The Morgan fingerprint density at radius 2 is 2.21 bits per heavy atom. The Kier molecular flexibility index (Phi) is 4.44. The largest absolute Gasteiger partial charge is 0.389 e. The van der Waals surface area contributed by atoms with Crippen LogP contribution in [0.15, 0.2) is 34.9 Å². The zero-order valence-corrected chi connectivity index (χ0v) is 12.8. The van der Waals surface area contributed by atoms with Gasteiger partial charge in [-0.15, -0.1) is 0 Å². The smallest absolute Gasteiger partial charge is 0.125 e. The Labute approximate surface area is 125 Å². The topological polar surface area (TPSA) is 63.8 Å². The van der Waals surface area contributed by atoms with Crippen LogP contribution in [0.4, 0.5) is 5.69 Å². The molecule has 0 fully saturated rings. The fourth-order valence-corrected chi connectivity index (χ4v) is 2.52. The van der Waals surface area contributed by atoms with Gasteiger partial charge in [-0.05, 0) is 47.1 Å². The van der Waals surface area contributed by atoms with E-state index in [2.05, 4.69) is 31.2 Å². The van der Waals surface area contributed by atoms with E-state index in [9.17, 15) is 0 Å². The molecular formula is C13H13BrN4S. The zero-order chi connectivity index (χ0) is 13.8. The average Bonchev–Trinajstić information content (AvgIpc) is 2.36. The number of hydrogen-bond acceptors (Lipinski definition) is 4. The number of anilines is 1. The minimum atomic E-state index is 0.379. The summed E-state index contributed by atoms with van der Waals surface area (Å²) in [6.45, 7) is 2.51. The maximum absolute atomic E-state index is 5.61. The average molecular weight is 337 g/mol. The SMILES string of the molecule is Cc1nccc(CNc2ccc(C(N)=S)c(Br)c2)n1. The van der Waals surface area contributed by atoms with E-state index in [4.69, 9.17) is 18.0 Å². The number of hydrogen-bond donors (Lipinski definition) is 2. The predicted molar refractivity (Wildman–Crippen MR) is 84.1 cm³/mol. The maximum Gasteiger partial charge on any atom is 0.125 e. The molecule has 0 saturated carbocycles. The standard InChI is InChI=1S/C13H13BrN4S/c1-8-16-5-4-10(18-8)7-17-9-2-3-11(13(15)19)12(14)6-9/h2-6,17H,7H2,1H3,(H2,15,19). The Bertz CT molecular complexity index is 615. The highest BCUT2D eigenvalue weighted by Crippen LogP contribution is 2.21. The van der Waals surface area contributed by atoms with Gasteiger partial charge in [0.25, 0.3) is 0 Å². The van der Waals surface area contributed by atoms with Gasteiger partial charge in [-0.2, -0.15) is 0 Å². The van der Waals surface area contributed by atoms with Crippen molar-refractivity contribution in [2.45, 2.75) is 13.5 Å². The van der Waals surface area contributed by atoms with E-state index < -0.39 is 0 Å². The molecule has 0 spiro atoms. The second-order valence-corrected chi connectivity index (χ2v) is 5.30. The number of halogens is 1. The van der Waals surface area contributed by atoms with Crippen LogP contribution in [0.5, 0.6) is 0 Å². The van der Waals surface area contributed by atoms with Gasteiger partial charge < -0.3 is 11.1 Å². The maximum atomic E-state index is 5.61. The fraction of sp³-hybridized carbons (Fsp3) is 0.154. The van der Waals surface area contributed by atoms with Gasteiger partial charge in [0.05, 0.1) is 12.2 Å². The number of aryl methyl sites for hydroxylation is 1. The number of aromatic nitrogens is 2. The van der Waals surface area contributed by atoms with Crippen LogP contribution in [0.2, 0.25) is 0 Å². The third kappa shape index (κ3) is 3.71. The van der Waals surface area contributed by atoms with Crippen LogP contribution in [-0.2, 0) is 6.54 Å². The van der Waals surface area contributed by atoms with Crippen molar-refractivity contribution in [3.05, 3.63) is 52.0 Å². The molecule has 0 unspecified atom stereocenters. The lowest BCUT2D eigenvalue weighted by atomic mass is 10.2. The summed E-state index contributed by atoms with van der Waals surface area (Å²) in [5, 5.41) is 3.29. The summed E-state index contributed by atoms with van der Waals surface area (Å²) in [7, 11) is 0. The fourth-order valence-electron chi connectivity index (χ4n) is 1.62. The van der Waals surface area contributed by atoms with E-state index in [1.54, 1.807) is 6.20 Å². The molecule has 19 heavy (non-hydrogen) atoms. The minimum Gasteiger partial charge on any atom is -0.389 e. The quantitative estimate of drug-likeness (QED) is 0.840. The third-order valence-electron chi connectivity index (χ3n) is 2.54. The van der Waals surface area contributed by atoms with E-state index in [1.807, 2.05) is 31.2 Å². The van der Waals surface area contributed by atoms with Crippen molar-refractivity contribution < 1.29 is 0 Å². The van der Waals surface area contributed by atoms with Crippen LogP contribution in [0.1, 0.15) is 17.1 Å². The normalized spacial score (nSPS) is 10.2. The van der Waals surface area contributed by atoms with Crippen molar-refractivity contribution in [3.63, 3.8) is 0 Å². The number of benzene rings is 1. The van der Waals surface area contributed by atoms with Crippen molar-refractivity contribution in [1.82, 2.24) is 9.97 Å². The molecule has 4 nitrogen and oxygen atoms in total. The molecule has 0 bridgehead atoms. The number of nitrogens with two attached hydrogens (primary N) is 1. The summed E-state index contributed by atoms with van der Waals surface area (Å²) in [6, 6.07) is 7.66. The highest BCUT2D eigenvalue weighted by Gasteiger charge is 2.04. The van der Waals surface area contributed by atoms with Crippen molar-refractivity contribution in [2.24, 2.45) is 5.73 Å². The molecule has 0 radical (unpaired) electrons. The molecule has 0 aliphatic heterocycles. The number of thiocarbonyl (C=S) groups is 1. The van der Waals surface area contributed by atoms with E-state index in [-0.39, 0.29) is 0 Å². The van der Waals surface area contributed by atoms with E-state index in [1.165, 1.54) is 0 Å². The Morgan fingerprint density at radius 3 is 2.84 bits per heavy atom. The summed E-state index contributed by atoms with van der Waals surface area (Å²) >= 11 is 8.41. The lowest BCUT2D eigenvalue weighted by Gasteiger charge is -2.09. The van der Waals surface area contributed by atoms with Gasteiger partial charge in [-0.1, -0.05) is 12.2 Å². The molecule has 3 N–H and O–H groups in total. The first kappa shape index (κ1) is 13.9. The molecule has 1 aromatic carbocycles. The van der Waals surface area contributed by atoms with Crippen LogP contribution in [0, 0.1) is 6.92 Å². The summed E-state index contributed by atoms with van der Waals surface area (Å²) in [4.78, 5) is 8.78. The van der Waals surface area contributed by atoms with Crippen molar-refractivity contribution >= 4 is 38.8 Å². The van der Waals surface area contributed by atoms with Crippen LogP contribution in [0.25, 0.3) is 0 Å². The van der Waals surface area contributed by atoms with Gasteiger partial charge >= 0.3 is 0 Å². The molecule has 0 aliphatic carbocycles. The first-order chi connectivity index (χ1) is 9.06. The van der Waals surface area contributed by atoms with Gasteiger partial charge in [0, 0.05) is 21.9 Å². The lowest BCUT2D eigenvalue weighted by molar-refractivity contribution is 0.955. The van der Waals surface area contributed by atoms with Crippen molar-refractivity contribution in [3.8, 4) is 0 Å². The molecule has 98 valence electrons. The summed E-state index contributed by atoms with van der Waals surface area (Å²) < 4.78 is 0.879. The monoisotopic (exact) mass is 336 g/mol. The molecule has 2 rings (SSSR count). The van der Waals surface area contributed by atoms with Crippen LogP contribution >= 0.6 is 28.1 Å². The predicted octanol–water partition coefficient (Wildman–Crippen LogP) is 2.79. The Hall–Kier alpha value is -1.53. The second kappa shape index (κ2) is 6.08. The Balaban J connectivity index is 2.08. The number of nitrogens with one attached hydrogen (secondary N) is 1. The molecule has 0 amide bonds. The number of rotatable bonds is 4. The van der Waals surface area contributed by atoms with Crippen LogP contribution < -0.4 is 11.1 Å². The van der Waals surface area contributed by atoms with E-state index >= 15 is 0 Å². The van der Waals surface area contributed by atoms with Gasteiger partial charge in [-0.3, -0.25) is 0 Å². The third-order valence-corrected chi connectivity index (χ3v) is 3.42. The molecule has 1 heterocycles. The summed E-state index contributed by atoms with van der Waals surface area (Å²) in [6.07, 6.45) is 1.76. The van der Waals surface area contributed by atoms with Gasteiger partial charge in [0.2, 0.25) is 0 Å². The molecular weight excluding hydrogens is 324 g/mol.